The van der Waals surface area contributed by atoms with E-state index in [-0.39, 0.29) is 17.4 Å². The van der Waals surface area contributed by atoms with Crippen molar-refractivity contribution >= 4 is 5.91 Å². The third-order valence-corrected chi connectivity index (χ3v) is 4.84. The maximum absolute atomic E-state index is 12.7. The van der Waals surface area contributed by atoms with Crippen molar-refractivity contribution in [2.24, 2.45) is 16.7 Å². The molecule has 2 atom stereocenters. The van der Waals surface area contributed by atoms with E-state index in [4.69, 9.17) is 0 Å². The van der Waals surface area contributed by atoms with E-state index in [1.54, 1.807) is 0 Å². The van der Waals surface area contributed by atoms with E-state index in [0.29, 0.717) is 11.3 Å². The minimum Gasteiger partial charge on any atom is -0.341 e. The van der Waals surface area contributed by atoms with Crippen molar-refractivity contribution in [3.05, 3.63) is 12.2 Å². The molecule has 1 saturated heterocycles. The Bertz CT molecular complexity index is 398. The Morgan fingerprint density at radius 2 is 2.00 bits per heavy atom. The molecule has 114 valence electrons. The lowest BCUT2D eigenvalue weighted by Crippen LogP contribution is -2.45. The first-order valence-electron chi connectivity index (χ1n) is 7.88. The highest BCUT2D eigenvalue weighted by Gasteiger charge is 2.36. The van der Waals surface area contributed by atoms with E-state index in [1.807, 2.05) is 7.05 Å². The topological polar surface area (TPSA) is 32.3 Å². The van der Waals surface area contributed by atoms with Crippen molar-refractivity contribution in [1.82, 2.24) is 10.2 Å². The van der Waals surface area contributed by atoms with Crippen LogP contribution in [0.4, 0.5) is 0 Å². The summed E-state index contributed by atoms with van der Waals surface area (Å²) in [5, 5.41) is 3.21. The molecule has 1 N–H and O–H groups in total. The van der Waals surface area contributed by atoms with Crippen molar-refractivity contribution in [3.63, 3.8) is 0 Å². The predicted molar refractivity (Wildman–Crippen MR) is 83.5 cm³/mol. The molecule has 2 unspecified atom stereocenters. The number of carbonyl (C=O) groups is 1. The van der Waals surface area contributed by atoms with E-state index in [0.717, 1.165) is 32.4 Å². The Balaban J connectivity index is 2.04. The van der Waals surface area contributed by atoms with Gasteiger partial charge in [-0.25, -0.2) is 0 Å². The molecule has 0 aromatic carbocycles. The molecule has 0 aromatic rings. The molecule has 2 aliphatic rings. The van der Waals surface area contributed by atoms with Gasteiger partial charge in [0.25, 0.3) is 0 Å². The molecule has 1 heterocycles. The van der Waals surface area contributed by atoms with Crippen molar-refractivity contribution in [2.45, 2.75) is 53.0 Å². The Morgan fingerprint density at radius 3 is 2.55 bits per heavy atom. The summed E-state index contributed by atoms with van der Waals surface area (Å²) in [6.45, 7) is 10.9. The predicted octanol–water partition coefficient (Wildman–Crippen LogP) is 2.83. The highest BCUT2D eigenvalue weighted by atomic mass is 16.2. The van der Waals surface area contributed by atoms with Crippen molar-refractivity contribution in [1.29, 1.82) is 0 Å². The second kappa shape index (κ2) is 5.51. The number of nitrogens with zero attached hydrogens (tertiary/aromatic N) is 1. The van der Waals surface area contributed by atoms with Crippen LogP contribution in [0.5, 0.6) is 0 Å². The van der Waals surface area contributed by atoms with Crippen LogP contribution in [0.1, 0.15) is 47.0 Å². The van der Waals surface area contributed by atoms with Crippen LogP contribution in [-0.4, -0.2) is 37.0 Å². The molecular formula is C17H30N2O. The molecule has 0 spiro atoms. The fraction of sp³-hybridized carbons (Fsp3) is 0.824. The van der Waals surface area contributed by atoms with Crippen molar-refractivity contribution in [2.75, 3.05) is 20.1 Å². The van der Waals surface area contributed by atoms with Crippen LogP contribution in [0.25, 0.3) is 0 Å². The largest absolute Gasteiger partial charge is 0.341 e. The van der Waals surface area contributed by atoms with E-state index >= 15 is 0 Å². The maximum atomic E-state index is 12.7. The van der Waals surface area contributed by atoms with Gasteiger partial charge < -0.3 is 10.2 Å². The zero-order valence-corrected chi connectivity index (χ0v) is 13.7. The first-order valence-corrected chi connectivity index (χ1v) is 7.88. The first-order chi connectivity index (χ1) is 9.22. The molecule has 20 heavy (non-hydrogen) atoms. The Kier molecular flexibility index (Phi) is 4.29. The number of carbonyl (C=O) groups excluding carboxylic acids is 1. The van der Waals surface area contributed by atoms with E-state index < -0.39 is 0 Å². The summed E-state index contributed by atoms with van der Waals surface area (Å²) in [5.41, 5.74) is 0.532. The number of likely N-dealkylation sites (N-methyl/N-ethyl adjacent to an activating group) is 1. The zero-order valence-electron chi connectivity index (χ0n) is 13.7. The van der Waals surface area contributed by atoms with Crippen LogP contribution in [0.3, 0.4) is 0 Å². The summed E-state index contributed by atoms with van der Waals surface area (Å²) < 4.78 is 0. The summed E-state index contributed by atoms with van der Waals surface area (Å²) in [4.78, 5) is 14.7. The Hall–Kier alpha value is -0.830. The highest BCUT2D eigenvalue weighted by Crippen LogP contribution is 2.36. The summed E-state index contributed by atoms with van der Waals surface area (Å²) in [5.74, 6) is 0.809. The molecule has 1 fully saturated rings. The molecule has 1 aliphatic heterocycles. The SMILES string of the molecule is CNC1CC(C)(C)CCN(CC2C=CC(C)(C)C2)C1=O. The lowest BCUT2D eigenvalue weighted by Gasteiger charge is -2.27. The van der Waals surface area contributed by atoms with Crippen LogP contribution in [-0.2, 0) is 4.79 Å². The lowest BCUT2D eigenvalue weighted by molar-refractivity contribution is -0.133. The molecule has 1 aliphatic carbocycles. The summed E-state index contributed by atoms with van der Waals surface area (Å²) in [6, 6.07) is -0.0223. The minimum atomic E-state index is -0.0223. The third kappa shape index (κ3) is 3.63. The van der Waals surface area contributed by atoms with Gasteiger partial charge in [-0.05, 0) is 43.1 Å². The fourth-order valence-electron chi connectivity index (χ4n) is 3.53. The van der Waals surface area contributed by atoms with Gasteiger partial charge in [0.05, 0.1) is 6.04 Å². The number of hydrogen-bond acceptors (Lipinski definition) is 2. The third-order valence-electron chi connectivity index (χ3n) is 4.84. The molecule has 0 radical (unpaired) electrons. The van der Waals surface area contributed by atoms with Crippen LogP contribution < -0.4 is 5.32 Å². The second-order valence-corrected chi connectivity index (χ2v) is 8.06. The average molecular weight is 278 g/mol. The smallest absolute Gasteiger partial charge is 0.239 e. The Morgan fingerprint density at radius 1 is 1.30 bits per heavy atom. The normalized spacial score (nSPS) is 32.5. The van der Waals surface area contributed by atoms with Gasteiger partial charge in [0.15, 0.2) is 0 Å². The molecule has 0 saturated carbocycles. The summed E-state index contributed by atoms with van der Waals surface area (Å²) in [7, 11) is 1.90. The van der Waals surface area contributed by atoms with Crippen LogP contribution in [0.2, 0.25) is 0 Å². The van der Waals surface area contributed by atoms with Gasteiger partial charge in [0.1, 0.15) is 0 Å². The number of allylic oxidation sites excluding steroid dienone is 1. The number of nitrogens with one attached hydrogen (secondary N) is 1. The fourth-order valence-corrected chi connectivity index (χ4v) is 3.53. The van der Waals surface area contributed by atoms with Gasteiger partial charge in [0.2, 0.25) is 5.91 Å². The highest BCUT2D eigenvalue weighted by molar-refractivity contribution is 5.82. The van der Waals surface area contributed by atoms with Crippen molar-refractivity contribution < 1.29 is 4.79 Å². The zero-order chi connectivity index (χ0) is 15.0. The van der Waals surface area contributed by atoms with E-state index in [2.05, 4.69) is 50.1 Å². The molecular weight excluding hydrogens is 248 g/mol. The van der Waals surface area contributed by atoms with Gasteiger partial charge >= 0.3 is 0 Å². The summed E-state index contributed by atoms with van der Waals surface area (Å²) >= 11 is 0. The van der Waals surface area contributed by atoms with Crippen LogP contribution in [0.15, 0.2) is 12.2 Å². The molecule has 1 amide bonds. The monoisotopic (exact) mass is 278 g/mol. The second-order valence-electron chi connectivity index (χ2n) is 8.06. The van der Waals surface area contributed by atoms with Crippen LogP contribution >= 0.6 is 0 Å². The summed E-state index contributed by atoms with van der Waals surface area (Å²) in [6.07, 6.45) is 7.79. The molecule has 2 rings (SSSR count). The molecule has 3 nitrogen and oxygen atoms in total. The van der Waals surface area contributed by atoms with Crippen molar-refractivity contribution in [3.8, 4) is 0 Å². The van der Waals surface area contributed by atoms with Crippen LogP contribution in [0, 0.1) is 16.7 Å². The Labute approximate surface area is 123 Å². The minimum absolute atomic E-state index is 0.0223. The van der Waals surface area contributed by atoms with E-state index in [1.165, 1.54) is 0 Å². The van der Waals surface area contributed by atoms with Gasteiger partial charge in [0, 0.05) is 13.1 Å². The number of likely N-dealkylation sites (tertiary alicyclic amines) is 1. The van der Waals surface area contributed by atoms with Gasteiger partial charge in [-0.3, -0.25) is 4.79 Å². The van der Waals surface area contributed by atoms with Gasteiger partial charge in [-0.1, -0.05) is 39.8 Å². The molecule has 0 bridgehead atoms. The lowest BCUT2D eigenvalue weighted by atomic mass is 9.83. The number of hydrogen-bond donors (Lipinski definition) is 1. The van der Waals surface area contributed by atoms with Gasteiger partial charge in [-0.15, -0.1) is 0 Å². The number of amides is 1. The van der Waals surface area contributed by atoms with Gasteiger partial charge in [-0.2, -0.15) is 0 Å². The molecule has 0 aromatic heterocycles. The standard InChI is InChI=1S/C17H30N2O/c1-16(2)7-6-13(10-16)12-19-9-8-17(3,4)11-14(18-5)15(19)20/h6-7,13-14,18H,8-12H2,1-5H3. The quantitative estimate of drug-likeness (QED) is 0.805. The maximum Gasteiger partial charge on any atom is 0.239 e. The first kappa shape index (κ1) is 15.6. The number of rotatable bonds is 3. The average Bonchev–Trinajstić information content (AvgIpc) is 2.64. The molecule has 3 heteroatoms. The van der Waals surface area contributed by atoms with E-state index in [9.17, 15) is 4.79 Å².